The molecular weight excluding hydrogens is 411 g/mol. The summed E-state index contributed by atoms with van der Waals surface area (Å²) in [6.07, 6.45) is 2.84. The largest absolute Gasteiger partial charge is 0.489 e. The number of hydrogen-bond acceptors (Lipinski definition) is 5. The summed E-state index contributed by atoms with van der Waals surface area (Å²) in [7, 11) is 0. The minimum atomic E-state index is -0.608. The Morgan fingerprint density at radius 1 is 1.16 bits per heavy atom. The summed E-state index contributed by atoms with van der Waals surface area (Å²) in [5.41, 5.74) is 13.9. The highest BCUT2D eigenvalue weighted by Gasteiger charge is 2.22. The fraction of sp³-hybridized carbons (Fsp3) is 0.375. The monoisotopic (exact) mass is 442 g/mol. The molecule has 0 aliphatic heterocycles. The van der Waals surface area contributed by atoms with Crippen LogP contribution in [0.5, 0.6) is 5.75 Å². The summed E-state index contributed by atoms with van der Waals surface area (Å²) < 4.78 is 24.9. The minimum absolute atomic E-state index is 0.241. The molecule has 0 radical (unpaired) electrons. The summed E-state index contributed by atoms with van der Waals surface area (Å²) in [5, 5.41) is 0.856. The number of nitrogens with two attached hydrogens (primary N) is 2. The molecule has 172 valence electrons. The van der Waals surface area contributed by atoms with Crippen LogP contribution >= 0.6 is 0 Å². The molecule has 0 atom stereocenters. The van der Waals surface area contributed by atoms with Gasteiger partial charge in [-0.2, -0.15) is 0 Å². The molecule has 32 heavy (non-hydrogen) atoms. The maximum atomic E-state index is 13.6. The van der Waals surface area contributed by atoms with Crippen molar-refractivity contribution in [3.63, 3.8) is 0 Å². The van der Waals surface area contributed by atoms with Crippen LogP contribution in [0.15, 0.2) is 42.6 Å². The molecule has 0 fully saturated rings. The number of fused-ring (bicyclic) bond motifs is 1. The first kappa shape index (κ1) is 23.2. The lowest BCUT2D eigenvalue weighted by molar-refractivity contribution is 0.0224. The van der Waals surface area contributed by atoms with Gasteiger partial charge in [0.1, 0.15) is 23.8 Å². The molecule has 3 aromatic rings. The Labute approximate surface area is 187 Å². The predicted octanol–water partition coefficient (Wildman–Crippen LogP) is 4.72. The third-order valence-corrected chi connectivity index (χ3v) is 4.97. The number of aryl methyl sites for hydroxylation is 1. The Morgan fingerprint density at radius 3 is 2.69 bits per heavy atom. The van der Waals surface area contributed by atoms with Crippen molar-refractivity contribution in [1.29, 1.82) is 0 Å². The van der Waals surface area contributed by atoms with Crippen LogP contribution in [0, 0.1) is 5.82 Å². The number of anilines is 2. The second-order valence-electron chi connectivity index (χ2n) is 8.68. The van der Waals surface area contributed by atoms with E-state index >= 15 is 0 Å². The van der Waals surface area contributed by atoms with Crippen LogP contribution in [0.3, 0.4) is 0 Å². The lowest BCUT2D eigenvalue weighted by Gasteiger charge is -2.27. The Kier molecular flexibility index (Phi) is 7.12. The van der Waals surface area contributed by atoms with Gasteiger partial charge >= 0.3 is 6.09 Å². The van der Waals surface area contributed by atoms with Crippen LogP contribution in [0.1, 0.15) is 32.8 Å². The smallest absolute Gasteiger partial charge is 0.410 e. The van der Waals surface area contributed by atoms with Crippen molar-refractivity contribution in [2.45, 2.75) is 39.2 Å². The molecule has 1 heterocycles. The highest BCUT2D eigenvalue weighted by atomic mass is 19.1. The van der Waals surface area contributed by atoms with Gasteiger partial charge in [-0.05, 0) is 69.5 Å². The van der Waals surface area contributed by atoms with E-state index < -0.39 is 11.7 Å². The van der Waals surface area contributed by atoms with Gasteiger partial charge in [-0.3, -0.25) is 0 Å². The molecule has 5 N–H and O–H groups in total. The Hall–Kier alpha value is -3.42. The number of aromatic amines is 1. The number of nitrogen functional groups attached to an aromatic ring is 2. The molecule has 7 nitrogen and oxygen atoms in total. The highest BCUT2D eigenvalue weighted by molar-refractivity contribution is 5.83. The average Bonchev–Trinajstić information content (AvgIpc) is 3.10. The van der Waals surface area contributed by atoms with Gasteiger partial charge < -0.3 is 30.8 Å². The number of ether oxygens (including phenoxy) is 2. The Bertz CT molecular complexity index is 1070. The van der Waals surface area contributed by atoms with Crippen molar-refractivity contribution in [2.24, 2.45) is 0 Å². The fourth-order valence-corrected chi connectivity index (χ4v) is 3.39. The van der Waals surface area contributed by atoms with Crippen LogP contribution in [-0.4, -0.2) is 41.3 Å². The lowest BCUT2D eigenvalue weighted by atomic mass is 10.1. The van der Waals surface area contributed by atoms with E-state index in [0.717, 1.165) is 16.5 Å². The molecule has 1 amide bonds. The number of hydrogen-bond donors (Lipinski definition) is 3. The van der Waals surface area contributed by atoms with Crippen molar-refractivity contribution in [1.82, 2.24) is 9.88 Å². The normalized spacial score (nSPS) is 11.5. The molecule has 0 saturated heterocycles. The number of amides is 1. The van der Waals surface area contributed by atoms with Crippen molar-refractivity contribution in [3.05, 3.63) is 54.0 Å². The molecule has 8 heteroatoms. The minimum Gasteiger partial charge on any atom is -0.489 e. The average molecular weight is 443 g/mol. The predicted molar refractivity (Wildman–Crippen MR) is 125 cm³/mol. The van der Waals surface area contributed by atoms with Crippen molar-refractivity contribution in [3.8, 4) is 5.75 Å². The summed E-state index contributed by atoms with van der Waals surface area (Å²) in [6, 6.07) is 9.87. The number of carbonyl (C=O) groups is 1. The number of benzene rings is 2. The summed E-state index contributed by atoms with van der Waals surface area (Å²) >= 11 is 0. The second kappa shape index (κ2) is 9.80. The SMILES string of the molecule is CC(C)(C)OC(=O)N(CCCc1c[nH]c2ccc(F)cc12)CCOc1cccc(N)c1N. The lowest BCUT2D eigenvalue weighted by Crippen LogP contribution is -2.39. The summed E-state index contributed by atoms with van der Waals surface area (Å²) in [4.78, 5) is 17.5. The van der Waals surface area contributed by atoms with Gasteiger partial charge in [0.15, 0.2) is 0 Å². The molecule has 0 aliphatic rings. The summed E-state index contributed by atoms with van der Waals surface area (Å²) in [5.74, 6) is 0.210. The number of aromatic nitrogens is 1. The number of para-hydroxylation sites is 1. The van der Waals surface area contributed by atoms with E-state index in [0.29, 0.717) is 43.1 Å². The molecule has 0 unspecified atom stereocenters. The number of carbonyl (C=O) groups excluding carboxylic acids is 1. The number of halogens is 1. The van der Waals surface area contributed by atoms with Gasteiger partial charge in [0, 0.05) is 23.6 Å². The van der Waals surface area contributed by atoms with Crippen molar-refractivity contribution < 1.29 is 18.7 Å². The van der Waals surface area contributed by atoms with E-state index in [1.54, 1.807) is 29.2 Å². The Balaban J connectivity index is 1.62. The molecule has 3 rings (SSSR count). The van der Waals surface area contributed by atoms with Crippen LogP contribution < -0.4 is 16.2 Å². The molecule has 1 aromatic heterocycles. The number of H-pyrrole nitrogens is 1. The second-order valence-corrected chi connectivity index (χ2v) is 8.68. The first-order valence-electron chi connectivity index (χ1n) is 10.6. The quantitative estimate of drug-likeness (QED) is 0.438. The van der Waals surface area contributed by atoms with Gasteiger partial charge in [-0.1, -0.05) is 6.07 Å². The van der Waals surface area contributed by atoms with Crippen LogP contribution in [0.25, 0.3) is 10.9 Å². The van der Waals surface area contributed by atoms with Gasteiger partial charge in [0.2, 0.25) is 0 Å². The molecule has 0 aliphatic carbocycles. The highest BCUT2D eigenvalue weighted by Crippen LogP contribution is 2.27. The van der Waals surface area contributed by atoms with Crippen molar-refractivity contribution in [2.75, 3.05) is 31.2 Å². The molecule has 0 spiro atoms. The first-order chi connectivity index (χ1) is 15.1. The zero-order valence-electron chi connectivity index (χ0n) is 18.8. The zero-order chi connectivity index (χ0) is 23.3. The number of nitrogens with zero attached hydrogens (tertiary/aromatic N) is 1. The summed E-state index contributed by atoms with van der Waals surface area (Å²) in [6.45, 7) is 6.51. The first-order valence-corrected chi connectivity index (χ1v) is 10.6. The standard InChI is InChI=1S/C24H31FN4O3/c1-24(2,3)32-23(30)29(12-13-31-21-8-4-7-19(26)22(21)27)11-5-6-16-15-28-20-10-9-17(25)14-18(16)20/h4,7-10,14-15,28H,5-6,11-13,26-27H2,1-3H3. The third-order valence-electron chi connectivity index (χ3n) is 4.97. The van der Waals surface area contributed by atoms with Crippen LogP contribution in [0.4, 0.5) is 20.6 Å². The molecule has 2 aromatic carbocycles. The van der Waals surface area contributed by atoms with E-state index in [4.69, 9.17) is 20.9 Å². The van der Waals surface area contributed by atoms with Crippen molar-refractivity contribution >= 4 is 28.4 Å². The van der Waals surface area contributed by atoms with E-state index in [2.05, 4.69) is 4.98 Å². The van der Waals surface area contributed by atoms with E-state index in [1.165, 1.54) is 12.1 Å². The molecular formula is C24H31FN4O3. The molecule has 0 saturated carbocycles. The maximum Gasteiger partial charge on any atom is 0.410 e. The fourth-order valence-electron chi connectivity index (χ4n) is 3.39. The van der Waals surface area contributed by atoms with Gasteiger partial charge in [-0.25, -0.2) is 9.18 Å². The van der Waals surface area contributed by atoms with Gasteiger partial charge in [0.25, 0.3) is 0 Å². The van der Waals surface area contributed by atoms with E-state index in [1.807, 2.05) is 27.0 Å². The van der Waals surface area contributed by atoms with Crippen LogP contribution in [0.2, 0.25) is 0 Å². The maximum absolute atomic E-state index is 13.6. The zero-order valence-corrected chi connectivity index (χ0v) is 18.8. The number of rotatable bonds is 8. The van der Waals surface area contributed by atoms with Crippen LogP contribution in [-0.2, 0) is 11.2 Å². The van der Waals surface area contributed by atoms with E-state index in [-0.39, 0.29) is 12.4 Å². The molecule has 0 bridgehead atoms. The van der Waals surface area contributed by atoms with Gasteiger partial charge in [0.05, 0.1) is 17.9 Å². The Morgan fingerprint density at radius 2 is 1.94 bits per heavy atom. The van der Waals surface area contributed by atoms with E-state index in [9.17, 15) is 9.18 Å². The topological polar surface area (TPSA) is 107 Å². The third kappa shape index (κ3) is 6.06. The number of nitrogens with one attached hydrogen (secondary N) is 1. The van der Waals surface area contributed by atoms with Gasteiger partial charge in [-0.15, -0.1) is 0 Å².